The fourth-order valence-electron chi connectivity index (χ4n) is 1.28. The van der Waals surface area contributed by atoms with Crippen molar-refractivity contribution in [2.45, 2.75) is 0 Å². The summed E-state index contributed by atoms with van der Waals surface area (Å²) in [5, 5.41) is 0.762. The largest absolute Gasteiger partial charge is 0.485 e. The Hall–Kier alpha value is -1.37. The number of carbonyl (C=O) groups is 1. The first-order valence-corrected chi connectivity index (χ1v) is 5.58. The molecule has 2 aromatic rings. The van der Waals surface area contributed by atoms with Gasteiger partial charge < -0.3 is 9.15 Å². The third kappa shape index (κ3) is 2.60. The van der Waals surface area contributed by atoms with Gasteiger partial charge in [0.1, 0.15) is 11.3 Å². The van der Waals surface area contributed by atoms with Crippen molar-refractivity contribution in [3.8, 4) is 5.75 Å². The lowest BCUT2D eigenvalue weighted by molar-refractivity contribution is -0.111. The van der Waals surface area contributed by atoms with Crippen LogP contribution in [0, 0.1) is 0 Å². The first kappa shape index (κ1) is 11.1. The molecule has 2 rings (SSSR count). The Bertz CT molecular complexity index is 588. The third-order valence-electron chi connectivity index (χ3n) is 1.94. The highest BCUT2D eigenvalue weighted by molar-refractivity contribution is 14.1. The van der Waals surface area contributed by atoms with Crippen molar-refractivity contribution in [3.05, 3.63) is 40.8 Å². The fraction of sp³-hybridized carbons (Fsp3) is 0.0909. The van der Waals surface area contributed by atoms with Gasteiger partial charge in [0, 0.05) is 34.0 Å². The molecular weight excluding hydrogens is 323 g/mol. The van der Waals surface area contributed by atoms with E-state index in [0.717, 1.165) is 5.39 Å². The zero-order chi connectivity index (χ0) is 11.5. The van der Waals surface area contributed by atoms with Gasteiger partial charge in [-0.25, -0.2) is 4.79 Å². The van der Waals surface area contributed by atoms with E-state index in [-0.39, 0.29) is 16.0 Å². The Labute approximate surface area is 104 Å². The number of hydrogen-bond donors (Lipinski definition) is 0. The first-order chi connectivity index (χ1) is 7.65. The molecule has 16 heavy (non-hydrogen) atoms. The Morgan fingerprint density at radius 1 is 1.31 bits per heavy atom. The normalized spacial score (nSPS) is 10.3. The fourth-order valence-corrected chi connectivity index (χ4v) is 1.44. The molecule has 5 heteroatoms. The molecule has 0 saturated carbocycles. The highest BCUT2D eigenvalue weighted by Gasteiger charge is 2.01. The summed E-state index contributed by atoms with van der Waals surface area (Å²) in [7, 11) is 0. The lowest BCUT2D eigenvalue weighted by Gasteiger charge is -2.03. The summed E-state index contributed by atoms with van der Waals surface area (Å²) in [6, 6.07) is 8.02. The quantitative estimate of drug-likeness (QED) is 0.492. The molecule has 0 aliphatic carbocycles. The van der Waals surface area contributed by atoms with E-state index >= 15 is 0 Å². The summed E-state index contributed by atoms with van der Waals surface area (Å²) in [5.41, 5.74) is 0.115. The van der Waals surface area contributed by atoms with Crippen LogP contribution < -0.4 is 10.4 Å². The zero-order valence-corrected chi connectivity index (χ0v) is 10.3. The minimum absolute atomic E-state index is 0.0306. The first-order valence-electron chi connectivity index (χ1n) is 4.50. The van der Waals surface area contributed by atoms with E-state index in [0.29, 0.717) is 11.3 Å². The second-order valence-corrected chi connectivity index (χ2v) is 4.30. The Morgan fingerprint density at radius 3 is 2.88 bits per heavy atom. The summed E-state index contributed by atoms with van der Waals surface area (Å²) in [5.74, 6) is 0.575. The topological polar surface area (TPSA) is 56.5 Å². The summed E-state index contributed by atoms with van der Waals surface area (Å²) < 4.78 is 10.1. The summed E-state index contributed by atoms with van der Waals surface area (Å²) in [6.45, 7) is 0.0306. The molecule has 0 fully saturated rings. The number of hydrogen-bond acceptors (Lipinski definition) is 4. The van der Waals surface area contributed by atoms with Crippen LogP contribution >= 0.6 is 22.6 Å². The van der Waals surface area contributed by atoms with Gasteiger partial charge in [-0.15, -0.1) is 0 Å². The molecule has 0 amide bonds. The Balaban J connectivity index is 2.33. The zero-order valence-electron chi connectivity index (χ0n) is 8.10. The van der Waals surface area contributed by atoms with Gasteiger partial charge in [-0.05, 0) is 24.3 Å². The van der Waals surface area contributed by atoms with Crippen molar-refractivity contribution in [1.29, 1.82) is 0 Å². The monoisotopic (exact) mass is 330 g/mol. The minimum Gasteiger partial charge on any atom is -0.485 e. The molecule has 0 radical (unpaired) electrons. The molecule has 0 aliphatic heterocycles. The molecule has 4 nitrogen and oxygen atoms in total. The van der Waals surface area contributed by atoms with E-state index in [9.17, 15) is 9.59 Å². The predicted molar refractivity (Wildman–Crippen MR) is 67.0 cm³/mol. The van der Waals surface area contributed by atoms with Crippen molar-refractivity contribution < 1.29 is 13.9 Å². The van der Waals surface area contributed by atoms with Gasteiger partial charge in [-0.1, -0.05) is 0 Å². The molecule has 0 N–H and O–H groups in total. The van der Waals surface area contributed by atoms with Gasteiger partial charge in [-0.2, -0.15) is 0 Å². The van der Waals surface area contributed by atoms with Crippen molar-refractivity contribution in [1.82, 2.24) is 0 Å². The second kappa shape index (κ2) is 4.65. The van der Waals surface area contributed by atoms with E-state index in [1.54, 1.807) is 46.9 Å². The molecule has 1 aromatic carbocycles. The van der Waals surface area contributed by atoms with E-state index in [4.69, 9.17) is 9.15 Å². The lowest BCUT2D eigenvalue weighted by atomic mass is 10.2. The van der Waals surface area contributed by atoms with Crippen LogP contribution in [0.4, 0.5) is 0 Å². The highest BCUT2D eigenvalue weighted by Crippen LogP contribution is 2.19. The van der Waals surface area contributed by atoms with Gasteiger partial charge in [-0.3, -0.25) is 4.79 Å². The average molecular weight is 330 g/mol. The van der Waals surface area contributed by atoms with Crippen LogP contribution in [0.5, 0.6) is 5.75 Å². The number of benzene rings is 1. The third-order valence-corrected chi connectivity index (χ3v) is 2.25. The average Bonchev–Trinajstić information content (AvgIpc) is 2.26. The van der Waals surface area contributed by atoms with Crippen molar-refractivity contribution in [3.63, 3.8) is 0 Å². The van der Waals surface area contributed by atoms with Crippen LogP contribution in [0.1, 0.15) is 0 Å². The molecule has 0 bridgehead atoms. The van der Waals surface area contributed by atoms with Gasteiger partial charge in [0.2, 0.25) is 3.79 Å². The second-order valence-electron chi connectivity index (χ2n) is 3.10. The van der Waals surface area contributed by atoms with E-state index < -0.39 is 0 Å². The van der Waals surface area contributed by atoms with Crippen LogP contribution in [0.25, 0.3) is 11.0 Å². The van der Waals surface area contributed by atoms with Crippen LogP contribution in [0.3, 0.4) is 0 Å². The van der Waals surface area contributed by atoms with Crippen LogP contribution in [-0.2, 0) is 4.79 Å². The SMILES string of the molecule is O=C(I)COc1ccc2oc(=O)ccc2c1. The van der Waals surface area contributed by atoms with Gasteiger partial charge in [0.15, 0.2) is 6.61 Å². The van der Waals surface area contributed by atoms with Crippen LogP contribution in [-0.4, -0.2) is 10.4 Å². The number of ether oxygens (including phenoxy) is 1. The maximum absolute atomic E-state index is 10.9. The number of rotatable bonds is 3. The van der Waals surface area contributed by atoms with Gasteiger partial charge >= 0.3 is 5.63 Å². The number of carbonyl (C=O) groups excluding carboxylic acids is 1. The van der Waals surface area contributed by atoms with Gasteiger partial charge in [0.05, 0.1) is 0 Å². The smallest absolute Gasteiger partial charge is 0.336 e. The summed E-state index contributed by atoms with van der Waals surface area (Å²) in [4.78, 5) is 21.7. The van der Waals surface area contributed by atoms with E-state index in [2.05, 4.69) is 0 Å². The van der Waals surface area contributed by atoms with Crippen molar-refractivity contribution in [2.75, 3.05) is 6.61 Å². The molecule has 0 saturated heterocycles. The number of halogens is 1. The highest BCUT2D eigenvalue weighted by atomic mass is 127. The molecule has 0 spiro atoms. The molecular formula is C11H7IO4. The van der Waals surface area contributed by atoms with Gasteiger partial charge in [0.25, 0.3) is 0 Å². The van der Waals surface area contributed by atoms with Crippen molar-refractivity contribution in [2.24, 2.45) is 0 Å². The molecule has 82 valence electrons. The molecule has 1 heterocycles. The van der Waals surface area contributed by atoms with Crippen molar-refractivity contribution >= 4 is 37.4 Å². The lowest BCUT2D eigenvalue weighted by Crippen LogP contribution is -2.03. The van der Waals surface area contributed by atoms with E-state index in [1.165, 1.54) is 6.07 Å². The number of fused-ring (bicyclic) bond motifs is 1. The summed E-state index contributed by atoms with van der Waals surface area (Å²) >= 11 is 1.67. The molecule has 0 aliphatic rings. The standard InChI is InChI=1S/C11H7IO4/c12-10(13)6-15-8-2-3-9-7(5-8)1-4-11(14)16-9/h1-5H,6H2. The van der Waals surface area contributed by atoms with Crippen LogP contribution in [0.2, 0.25) is 0 Å². The van der Waals surface area contributed by atoms with E-state index in [1.807, 2.05) is 0 Å². The Kier molecular flexibility index (Phi) is 3.23. The summed E-state index contributed by atoms with van der Waals surface area (Å²) in [6.07, 6.45) is 0. The Morgan fingerprint density at radius 2 is 2.12 bits per heavy atom. The molecule has 1 aromatic heterocycles. The minimum atomic E-state index is -0.386. The maximum Gasteiger partial charge on any atom is 0.336 e. The maximum atomic E-state index is 10.9. The van der Waals surface area contributed by atoms with Crippen LogP contribution in [0.15, 0.2) is 39.5 Å². The molecule has 0 atom stereocenters. The predicted octanol–water partition coefficient (Wildman–Crippen LogP) is 2.13. The molecule has 0 unspecified atom stereocenters.